The van der Waals surface area contributed by atoms with Gasteiger partial charge < -0.3 is 10.1 Å². The number of carbonyl (C=O) groups excluding carboxylic acids is 1. The second-order valence-corrected chi connectivity index (χ2v) is 5.85. The Morgan fingerprint density at radius 2 is 1.73 bits per heavy atom. The number of methoxy groups -OCH3 is 1. The molecule has 0 saturated heterocycles. The van der Waals surface area contributed by atoms with Crippen LogP contribution in [0, 0.1) is 0 Å². The molecule has 0 aliphatic heterocycles. The van der Waals surface area contributed by atoms with Crippen LogP contribution in [0.5, 0.6) is 5.75 Å². The Labute approximate surface area is 152 Å². The Morgan fingerprint density at radius 1 is 1.00 bits per heavy atom. The minimum atomic E-state index is -0.226. The van der Waals surface area contributed by atoms with Gasteiger partial charge in [0.25, 0.3) is 5.91 Å². The number of ether oxygens (including phenoxy) is 1. The highest BCUT2D eigenvalue weighted by molar-refractivity contribution is 6.02. The Balaban J connectivity index is 1.61. The molecule has 3 rings (SSSR count). The van der Waals surface area contributed by atoms with Crippen LogP contribution < -0.4 is 15.5 Å². The quantitative estimate of drug-likeness (QED) is 0.527. The van der Waals surface area contributed by atoms with Crippen molar-refractivity contribution in [3.8, 4) is 5.75 Å². The number of carbonyl (C=O) groups is 1. The molecule has 3 aromatic carbocycles. The summed E-state index contributed by atoms with van der Waals surface area (Å²) in [6.07, 6.45) is 0. The van der Waals surface area contributed by atoms with E-state index in [2.05, 4.69) is 40.1 Å². The monoisotopic (exact) mass is 347 g/mol. The lowest BCUT2D eigenvalue weighted by molar-refractivity contribution is -0.119. The van der Waals surface area contributed by atoms with Crippen molar-refractivity contribution in [3.05, 3.63) is 72.3 Å². The molecular formula is C21H21N3O2. The number of hydrogen-bond donors (Lipinski definition) is 2. The standard InChI is InChI=1S/C21H21N3O2/c1-15(17-12-11-16-7-3-4-8-18(16)13-17)23-24-21(25)14-22-19-9-5-6-10-20(19)26-2/h3-13,22H,14H2,1-2H3,(H,24,25)/b23-15-. The molecule has 0 spiro atoms. The lowest BCUT2D eigenvalue weighted by Gasteiger charge is -2.10. The average Bonchev–Trinajstić information content (AvgIpc) is 2.70. The van der Waals surface area contributed by atoms with Crippen molar-refractivity contribution in [1.82, 2.24) is 5.43 Å². The summed E-state index contributed by atoms with van der Waals surface area (Å²) in [7, 11) is 1.60. The molecule has 26 heavy (non-hydrogen) atoms. The lowest BCUT2D eigenvalue weighted by atomic mass is 10.0. The Hall–Kier alpha value is -3.34. The maximum atomic E-state index is 12.0. The fourth-order valence-electron chi connectivity index (χ4n) is 2.63. The average molecular weight is 347 g/mol. The van der Waals surface area contributed by atoms with Crippen LogP contribution in [0.15, 0.2) is 71.8 Å². The summed E-state index contributed by atoms with van der Waals surface area (Å²) in [6.45, 7) is 1.98. The van der Waals surface area contributed by atoms with Crippen molar-refractivity contribution in [2.45, 2.75) is 6.92 Å². The molecule has 0 aliphatic carbocycles. The van der Waals surface area contributed by atoms with Crippen molar-refractivity contribution in [1.29, 1.82) is 0 Å². The van der Waals surface area contributed by atoms with E-state index in [4.69, 9.17) is 4.74 Å². The first-order valence-corrected chi connectivity index (χ1v) is 8.36. The Bertz CT molecular complexity index is 951. The first-order chi connectivity index (χ1) is 12.7. The molecule has 0 atom stereocenters. The van der Waals surface area contributed by atoms with E-state index in [-0.39, 0.29) is 12.5 Å². The largest absolute Gasteiger partial charge is 0.495 e. The SMILES string of the molecule is COc1ccccc1NCC(=O)N/N=C(/C)c1ccc2ccccc2c1. The maximum absolute atomic E-state index is 12.0. The van der Waals surface area contributed by atoms with Gasteiger partial charge in [-0.05, 0) is 41.5 Å². The Kier molecular flexibility index (Phi) is 5.49. The van der Waals surface area contributed by atoms with Gasteiger partial charge in [0.05, 0.1) is 25.1 Å². The van der Waals surface area contributed by atoms with E-state index in [1.54, 1.807) is 7.11 Å². The predicted molar refractivity (Wildman–Crippen MR) is 106 cm³/mol. The molecule has 2 N–H and O–H groups in total. The highest BCUT2D eigenvalue weighted by Gasteiger charge is 2.05. The lowest BCUT2D eigenvalue weighted by Crippen LogP contribution is -2.26. The summed E-state index contributed by atoms with van der Waals surface area (Å²) >= 11 is 0. The normalized spacial score (nSPS) is 11.2. The van der Waals surface area contributed by atoms with Crippen LogP contribution in [-0.4, -0.2) is 25.3 Å². The van der Waals surface area contributed by atoms with E-state index in [0.717, 1.165) is 22.3 Å². The number of benzene rings is 3. The minimum absolute atomic E-state index is 0.106. The summed E-state index contributed by atoms with van der Waals surface area (Å²) in [5.41, 5.74) is 5.07. The molecule has 0 unspecified atom stereocenters. The first kappa shape index (κ1) is 17.5. The van der Waals surface area contributed by atoms with Crippen molar-refractivity contribution in [3.63, 3.8) is 0 Å². The van der Waals surface area contributed by atoms with Crippen LogP contribution in [0.25, 0.3) is 10.8 Å². The van der Waals surface area contributed by atoms with Gasteiger partial charge in [-0.2, -0.15) is 5.10 Å². The van der Waals surface area contributed by atoms with Crippen LogP contribution in [0.3, 0.4) is 0 Å². The first-order valence-electron chi connectivity index (χ1n) is 8.36. The molecule has 5 heteroatoms. The van der Waals surface area contributed by atoms with Crippen LogP contribution in [0.4, 0.5) is 5.69 Å². The van der Waals surface area contributed by atoms with Crippen molar-refractivity contribution < 1.29 is 9.53 Å². The predicted octanol–water partition coefficient (Wildman–Crippen LogP) is 3.80. The second kappa shape index (κ2) is 8.16. The zero-order chi connectivity index (χ0) is 18.4. The van der Waals surface area contributed by atoms with Gasteiger partial charge in [-0.3, -0.25) is 4.79 Å². The van der Waals surface area contributed by atoms with Gasteiger partial charge in [0.1, 0.15) is 5.75 Å². The molecule has 3 aromatic rings. The van der Waals surface area contributed by atoms with Crippen molar-refractivity contribution in [2.75, 3.05) is 19.0 Å². The van der Waals surface area contributed by atoms with E-state index in [9.17, 15) is 4.79 Å². The topological polar surface area (TPSA) is 62.7 Å². The number of para-hydroxylation sites is 2. The van der Waals surface area contributed by atoms with E-state index < -0.39 is 0 Å². The van der Waals surface area contributed by atoms with E-state index in [0.29, 0.717) is 5.75 Å². The fourth-order valence-corrected chi connectivity index (χ4v) is 2.63. The highest BCUT2D eigenvalue weighted by atomic mass is 16.5. The van der Waals surface area contributed by atoms with Crippen LogP contribution in [0.1, 0.15) is 12.5 Å². The smallest absolute Gasteiger partial charge is 0.259 e. The molecule has 5 nitrogen and oxygen atoms in total. The molecule has 0 aliphatic rings. The van der Waals surface area contributed by atoms with Gasteiger partial charge in [-0.25, -0.2) is 5.43 Å². The molecule has 0 saturated carbocycles. The van der Waals surface area contributed by atoms with Gasteiger partial charge in [0, 0.05) is 0 Å². The Morgan fingerprint density at radius 3 is 2.54 bits per heavy atom. The number of hydrazone groups is 1. The van der Waals surface area contributed by atoms with Crippen LogP contribution in [0.2, 0.25) is 0 Å². The number of amides is 1. The van der Waals surface area contributed by atoms with Gasteiger partial charge in [-0.1, -0.05) is 48.5 Å². The third kappa shape index (κ3) is 4.19. The minimum Gasteiger partial charge on any atom is -0.495 e. The summed E-state index contributed by atoms with van der Waals surface area (Å²) in [5.74, 6) is 0.465. The molecule has 132 valence electrons. The third-order valence-corrected chi connectivity index (χ3v) is 4.06. The molecule has 0 heterocycles. The third-order valence-electron chi connectivity index (χ3n) is 4.06. The maximum Gasteiger partial charge on any atom is 0.259 e. The number of fused-ring (bicyclic) bond motifs is 1. The summed E-state index contributed by atoms with van der Waals surface area (Å²) < 4.78 is 5.25. The molecule has 0 radical (unpaired) electrons. The second-order valence-electron chi connectivity index (χ2n) is 5.85. The number of anilines is 1. The number of nitrogens with one attached hydrogen (secondary N) is 2. The number of hydrogen-bond acceptors (Lipinski definition) is 4. The summed E-state index contributed by atoms with van der Waals surface area (Å²) in [5, 5.41) is 9.56. The van der Waals surface area contributed by atoms with E-state index >= 15 is 0 Å². The zero-order valence-electron chi connectivity index (χ0n) is 14.8. The van der Waals surface area contributed by atoms with E-state index in [1.165, 1.54) is 5.39 Å². The van der Waals surface area contributed by atoms with Gasteiger partial charge in [0.2, 0.25) is 0 Å². The molecule has 1 amide bonds. The number of nitrogens with zero attached hydrogens (tertiary/aromatic N) is 1. The molecule has 0 bridgehead atoms. The van der Waals surface area contributed by atoms with Crippen LogP contribution >= 0.6 is 0 Å². The summed E-state index contributed by atoms with van der Waals surface area (Å²) in [6, 6.07) is 21.7. The highest BCUT2D eigenvalue weighted by Crippen LogP contribution is 2.22. The molecular weight excluding hydrogens is 326 g/mol. The number of rotatable bonds is 6. The molecule has 0 aromatic heterocycles. The van der Waals surface area contributed by atoms with E-state index in [1.807, 2.05) is 49.4 Å². The molecule has 0 fully saturated rings. The van der Waals surface area contributed by atoms with Gasteiger partial charge in [-0.15, -0.1) is 0 Å². The van der Waals surface area contributed by atoms with Gasteiger partial charge >= 0.3 is 0 Å². The zero-order valence-corrected chi connectivity index (χ0v) is 14.8. The van der Waals surface area contributed by atoms with Gasteiger partial charge in [0.15, 0.2) is 0 Å². The fraction of sp³-hybridized carbons (Fsp3) is 0.143. The summed E-state index contributed by atoms with van der Waals surface area (Å²) in [4.78, 5) is 12.0. The van der Waals surface area contributed by atoms with Crippen LogP contribution in [-0.2, 0) is 4.79 Å². The van der Waals surface area contributed by atoms with Crippen molar-refractivity contribution in [2.24, 2.45) is 5.10 Å². The van der Waals surface area contributed by atoms with Crippen molar-refractivity contribution >= 4 is 28.1 Å².